The van der Waals surface area contributed by atoms with Gasteiger partial charge in [-0.05, 0) is 15.9 Å². The van der Waals surface area contributed by atoms with Crippen LogP contribution in [0.3, 0.4) is 0 Å². The number of imidazole rings is 1. The van der Waals surface area contributed by atoms with E-state index < -0.39 is 24.0 Å². The van der Waals surface area contributed by atoms with Crippen molar-refractivity contribution in [2.24, 2.45) is 7.05 Å². The van der Waals surface area contributed by atoms with Crippen LogP contribution in [-0.4, -0.2) is 42.0 Å². The van der Waals surface area contributed by atoms with Gasteiger partial charge in [0.2, 0.25) is 0 Å². The number of aromatic amines is 1. The molecule has 18 heavy (non-hydrogen) atoms. The summed E-state index contributed by atoms with van der Waals surface area (Å²) in [7, 11) is 1.48. The fourth-order valence-corrected chi connectivity index (χ4v) is 2.13. The molecule has 0 spiro atoms. The number of fused-ring (bicyclic) bond motifs is 1. The third-order valence-electron chi connectivity index (χ3n) is 2.56. The molecule has 0 aliphatic carbocycles. The van der Waals surface area contributed by atoms with Crippen LogP contribution >= 0.6 is 15.9 Å². The predicted molar refractivity (Wildman–Crippen MR) is 66.4 cm³/mol. The molecule has 0 aliphatic rings. The highest BCUT2D eigenvalue weighted by Gasteiger charge is 2.17. The molecule has 1 atom stereocenters. The average Bonchev–Trinajstić information content (AvgIpc) is 2.64. The summed E-state index contributed by atoms with van der Waals surface area (Å²) >= 11 is 3.15. The summed E-state index contributed by atoms with van der Waals surface area (Å²) in [5.41, 5.74) is -0.777. The van der Waals surface area contributed by atoms with Crippen LogP contribution in [0.2, 0.25) is 0 Å². The number of H-pyrrole nitrogens is 1. The summed E-state index contributed by atoms with van der Waals surface area (Å²) in [5, 5.41) is 18.3. The van der Waals surface area contributed by atoms with E-state index in [4.69, 9.17) is 5.11 Å². The van der Waals surface area contributed by atoms with Crippen molar-refractivity contribution in [2.75, 3.05) is 6.61 Å². The number of aliphatic hydroxyl groups excluding tert-OH is 2. The lowest BCUT2D eigenvalue weighted by Gasteiger charge is -2.09. The minimum Gasteiger partial charge on any atom is -0.394 e. The van der Waals surface area contributed by atoms with Crippen molar-refractivity contribution >= 4 is 27.1 Å². The van der Waals surface area contributed by atoms with Crippen LogP contribution in [0, 0.1) is 0 Å². The topological polar surface area (TPSA) is 113 Å². The molecule has 0 saturated carbocycles. The molecule has 0 amide bonds. The molecular formula is C9H11BrN4O4. The van der Waals surface area contributed by atoms with Gasteiger partial charge >= 0.3 is 5.69 Å². The third-order valence-corrected chi connectivity index (χ3v) is 3.17. The zero-order chi connectivity index (χ0) is 13.4. The molecule has 8 nitrogen and oxygen atoms in total. The highest BCUT2D eigenvalue weighted by Crippen LogP contribution is 2.16. The van der Waals surface area contributed by atoms with Gasteiger partial charge in [-0.25, -0.2) is 9.78 Å². The Bertz CT molecular complexity index is 701. The number of aromatic nitrogens is 4. The smallest absolute Gasteiger partial charge is 0.329 e. The quantitative estimate of drug-likeness (QED) is 0.599. The van der Waals surface area contributed by atoms with E-state index >= 15 is 0 Å². The van der Waals surface area contributed by atoms with E-state index in [0.29, 0.717) is 4.73 Å². The molecule has 0 fully saturated rings. The molecular weight excluding hydrogens is 308 g/mol. The molecule has 0 aliphatic heterocycles. The highest BCUT2D eigenvalue weighted by molar-refractivity contribution is 9.10. The molecule has 0 bridgehead atoms. The Labute approximate surface area is 109 Å². The van der Waals surface area contributed by atoms with Gasteiger partial charge in [0.25, 0.3) is 5.56 Å². The van der Waals surface area contributed by atoms with E-state index in [-0.39, 0.29) is 17.7 Å². The molecule has 9 heteroatoms. The lowest BCUT2D eigenvalue weighted by molar-refractivity contribution is 0.0815. The molecule has 0 unspecified atom stereocenters. The highest BCUT2D eigenvalue weighted by atomic mass is 79.9. The number of nitrogens with zero attached hydrogens (tertiary/aromatic N) is 3. The maximum atomic E-state index is 11.8. The number of rotatable bonds is 3. The van der Waals surface area contributed by atoms with Gasteiger partial charge in [-0.15, -0.1) is 0 Å². The fraction of sp³-hybridized carbons (Fsp3) is 0.444. The van der Waals surface area contributed by atoms with E-state index in [1.165, 1.54) is 16.2 Å². The van der Waals surface area contributed by atoms with Crippen molar-refractivity contribution in [3.8, 4) is 0 Å². The Morgan fingerprint density at radius 3 is 2.78 bits per heavy atom. The van der Waals surface area contributed by atoms with Gasteiger partial charge in [0.15, 0.2) is 15.9 Å². The average molecular weight is 319 g/mol. The number of aliphatic hydroxyl groups is 2. The lowest BCUT2D eigenvalue weighted by atomic mass is 10.3. The third kappa shape index (κ3) is 2.00. The Morgan fingerprint density at radius 1 is 1.50 bits per heavy atom. The van der Waals surface area contributed by atoms with Gasteiger partial charge in [-0.2, -0.15) is 0 Å². The van der Waals surface area contributed by atoms with Crippen LogP contribution in [0.4, 0.5) is 0 Å². The second-order valence-electron chi connectivity index (χ2n) is 3.82. The van der Waals surface area contributed by atoms with E-state index in [0.717, 1.165) is 0 Å². The van der Waals surface area contributed by atoms with E-state index in [9.17, 15) is 14.7 Å². The first-order valence-electron chi connectivity index (χ1n) is 5.09. The molecule has 2 aromatic heterocycles. The van der Waals surface area contributed by atoms with Gasteiger partial charge in [-0.1, -0.05) is 0 Å². The number of halogens is 1. The van der Waals surface area contributed by atoms with Crippen LogP contribution in [-0.2, 0) is 13.6 Å². The number of hydrogen-bond acceptors (Lipinski definition) is 5. The first-order valence-corrected chi connectivity index (χ1v) is 5.89. The molecule has 3 N–H and O–H groups in total. The molecule has 0 aromatic carbocycles. The second-order valence-corrected chi connectivity index (χ2v) is 4.53. The van der Waals surface area contributed by atoms with Crippen molar-refractivity contribution in [1.82, 2.24) is 19.1 Å². The van der Waals surface area contributed by atoms with Gasteiger partial charge in [0.05, 0.1) is 19.3 Å². The van der Waals surface area contributed by atoms with Crippen molar-refractivity contribution < 1.29 is 10.2 Å². The minimum atomic E-state index is -1.02. The normalized spacial score (nSPS) is 13.1. The van der Waals surface area contributed by atoms with Crippen molar-refractivity contribution in [3.05, 3.63) is 25.6 Å². The Hall–Kier alpha value is -1.45. The fourth-order valence-electron chi connectivity index (χ4n) is 1.64. The molecule has 0 saturated heterocycles. The van der Waals surface area contributed by atoms with Gasteiger partial charge in [0, 0.05) is 7.05 Å². The van der Waals surface area contributed by atoms with Crippen LogP contribution in [0.1, 0.15) is 0 Å². The maximum absolute atomic E-state index is 11.8. The Morgan fingerprint density at radius 2 is 2.17 bits per heavy atom. The molecule has 0 radical (unpaired) electrons. The van der Waals surface area contributed by atoms with E-state index in [2.05, 4.69) is 25.9 Å². The molecule has 2 heterocycles. The van der Waals surface area contributed by atoms with Crippen LogP contribution in [0.15, 0.2) is 14.3 Å². The van der Waals surface area contributed by atoms with Crippen molar-refractivity contribution in [1.29, 1.82) is 0 Å². The first kappa shape index (κ1) is 13.0. The summed E-state index contributed by atoms with van der Waals surface area (Å²) in [6.45, 7) is -0.440. The number of nitrogens with one attached hydrogen (secondary N) is 1. The zero-order valence-electron chi connectivity index (χ0n) is 9.42. The van der Waals surface area contributed by atoms with Gasteiger partial charge in [-0.3, -0.25) is 14.3 Å². The SMILES string of the molecule is Cn1c(=O)[nH]c(=O)c2c1nc(Br)n2C[C@H](O)CO. The van der Waals surface area contributed by atoms with Crippen molar-refractivity contribution in [2.45, 2.75) is 12.6 Å². The first-order chi connectivity index (χ1) is 8.45. The maximum Gasteiger partial charge on any atom is 0.329 e. The number of aryl methyl sites for hydroxylation is 1. The zero-order valence-corrected chi connectivity index (χ0v) is 11.0. The Kier molecular flexibility index (Phi) is 3.37. The van der Waals surface area contributed by atoms with E-state index in [1.807, 2.05) is 0 Å². The van der Waals surface area contributed by atoms with Crippen LogP contribution in [0.5, 0.6) is 0 Å². The summed E-state index contributed by atoms with van der Waals surface area (Å²) in [6, 6.07) is 0. The summed E-state index contributed by atoms with van der Waals surface area (Å²) in [4.78, 5) is 29.4. The summed E-state index contributed by atoms with van der Waals surface area (Å²) < 4.78 is 2.90. The van der Waals surface area contributed by atoms with Gasteiger partial charge < -0.3 is 14.8 Å². The van der Waals surface area contributed by atoms with E-state index in [1.54, 1.807) is 0 Å². The van der Waals surface area contributed by atoms with Gasteiger partial charge in [0.1, 0.15) is 0 Å². The predicted octanol–water partition coefficient (Wildman–Crippen LogP) is -1.46. The monoisotopic (exact) mass is 318 g/mol. The molecule has 2 aromatic rings. The summed E-state index contributed by atoms with van der Waals surface area (Å²) in [5.74, 6) is 0. The lowest BCUT2D eigenvalue weighted by Crippen LogP contribution is -2.30. The largest absolute Gasteiger partial charge is 0.394 e. The minimum absolute atomic E-state index is 0.00509. The van der Waals surface area contributed by atoms with Crippen LogP contribution in [0.25, 0.3) is 11.2 Å². The standard InChI is InChI=1S/C9H11BrN4O4/c1-13-6-5(7(17)12-9(13)18)14(8(10)11-6)2-4(16)3-15/h4,15-16H,2-3H2,1H3,(H,12,17,18)/t4-/m0/s1. The molecule has 2 rings (SSSR count). The molecule has 98 valence electrons. The Balaban J connectivity index is 2.75. The second kappa shape index (κ2) is 4.67. The van der Waals surface area contributed by atoms with Crippen molar-refractivity contribution in [3.63, 3.8) is 0 Å². The van der Waals surface area contributed by atoms with Crippen LogP contribution < -0.4 is 11.2 Å². The summed E-state index contributed by atoms with van der Waals surface area (Å²) in [6.07, 6.45) is -1.02. The number of hydrogen-bond donors (Lipinski definition) is 3.